The van der Waals surface area contributed by atoms with Crippen molar-refractivity contribution >= 4 is 16.9 Å². The highest BCUT2D eigenvalue weighted by Gasteiger charge is 2.26. The number of aliphatic hydroxyl groups excluding tert-OH is 1. The second-order valence-corrected chi connectivity index (χ2v) is 4.08. The molecule has 0 unspecified atom stereocenters. The Balaban J connectivity index is 2.24. The molecule has 0 aromatic carbocycles. The summed E-state index contributed by atoms with van der Waals surface area (Å²) in [5, 5.41) is 9.08. The van der Waals surface area contributed by atoms with Gasteiger partial charge in [-0.05, 0) is 6.42 Å². The van der Waals surface area contributed by atoms with Gasteiger partial charge in [-0.2, -0.15) is 0 Å². The molecule has 1 heterocycles. The van der Waals surface area contributed by atoms with Gasteiger partial charge in [0.05, 0.1) is 19.3 Å². The van der Waals surface area contributed by atoms with Gasteiger partial charge in [-0.25, -0.2) is 0 Å². The van der Waals surface area contributed by atoms with Crippen molar-refractivity contribution in [3.05, 3.63) is 0 Å². The number of hydrogen-bond acceptors (Lipinski definition) is 4. The van der Waals surface area contributed by atoms with Gasteiger partial charge in [-0.3, -0.25) is 4.79 Å². The second-order valence-electron chi connectivity index (χ2n) is 2.61. The van der Waals surface area contributed by atoms with Crippen LogP contribution in [-0.4, -0.2) is 34.8 Å². The highest BCUT2D eigenvalue weighted by Crippen LogP contribution is 2.24. The molecule has 0 bridgehead atoms. The number of aliphatic hydroxyl groups is 1. The molecule has 64 valence electrons. The highest BCUT2D eigenvalue weighted by molar-refractivity contribution is 8.14. The molecular formula is C7H12O3S. The summed E-state index contributed by atoms with van der Waals surface area (Å²) < 4.78 is 5.19. The Morgan fingerprint density at radius 3 is 3.00 bits per heavy atom. The number of thioether (sulfide) groups is 1. The van der Waals surface area contributed by atoms with E-state index < -0.39 is 0 Å². The van der Waals surface area contributed by atoms with Gasteiger partial charge in [0.1, 0.15) is 0 Å². The van der Waals surface area contributed by atoms with Crippen molar-refractivity contribution in [2.75, 3.05) is 13.2 Å². The fraction of sp³-hybridized carbons (Fsp3) is 0.857. The maximum atomic E-state index is 10.6. The van der Waals surface area contributed by atoms with Gasteiger partial charge < -0.3 is 9.84 Å². The van der Waals surface area contributed by atoms with Gasteiger partial charge in [0.2, 0.25) is 0 Å². The molecule has 1 aliphatic rings. The van der Waals surface area contributed by atoms with Gasteiger partial charge in [0.25, 0.3) is 0 Å². The molecule has 1 N–H and O–H groups in total. The van der Waals surface area contributed by atoms with E-state index in [1.807, 2.05) is 0 Å². The van der Waals surface area contributed by atoms with Crippen LogP contribution in [0.5, 0.6) is 0 Å². The van der Waals surface area contributed by atoms with Crippen LogP contribution < -0.4 is 0 Å². The van der Waals surface area contributed by atoms with Crippen LogP contribution in [0.2, 0.25) is 0 Å². The van der Waals surface area contributed by atoms with Gasteiger partial charge in [-0.15, -0.1) is 0 Å². The van der Waals surface area contributed by atoms with E-state index in [1.54, 1.807) is 6.92 Å². The molecule has 4 heteroatoms. The van der Waals surface area contributed by atoms with E-state index in [4.69, 9.17) is 9.84 Å². The van der Waals surface area contributed by atoms with Crippen LogP contribution in [0.3, 0.4) is 0 Å². The third-order valence-corrected chi connectivity index (χ3v) is 2.57. The lowest BCUT2D eigenvalue weighted by Gasteiger charge is -2.02. The Kier molecular flexibility index (Phi) is 3.36. The zero-order valence-electron chi connectivity index (χ0n) is 6.45. The standard InChI is InChI=1S/C7H12O3S/c1-5(9)11-7-2-6(3-8)10-4-7/h6-8H,2-4H2,1H3/t6-,7-/m1/s1. The number of carbonyl (C=O) groups is 1. The Morgan fingerprint density at radius 1 is 1.82 bits per heavy atom. The van der Waals surface area contributed by atoms with E-state index in [2.05, 4.69) is 0 Å². The average molecular weight is 176 g/mol. The van der Waals surface area contributed by atoms with Crippen LogP contribution in [-0.2, 0) is 9.53 Å². The van der Waals surface area contributed by atoms with Crippen LogP contribution in [0.1, 0.15) is 13.3 Å². The zero-order valence-corrected chi connectivity index (χ0v) is 7.26. The number of rotatable bonds is 2. The molecule has 0 aromatic heterocycles. The van der Waals surface area contributed by atoms with Crippen molar-refractivity contribution < 1.29 is 14.6 Å². The van der Waals surface area contributed by atoms with Gasteiger partial charge in [-0.1, -0.05) is 11.8 Å². The topological polar surface area (TPSA) is 46.5 Å². The first kappa shape index (κ1) is 9.03. The molecule has 0 radical (unpaired) electrons. The average Bonchev–Trinajstić information content (AvgIpc) is 2.34. The molecule has 0 spiro atoms. The second kappa shape index (κ2) is 4.09. The molecule has 11 heavy (non-hydrogen) atoms. The van der Waals surface area contributed by atoms with Crippen LogP contribution >= 0.6 is 11.8 Å². The predicted octanol–water partition coefficient (Wildman–Crippen LogP) is 0.416. The molecule has 1 rings (SSSR count). The van der Waals surface area contributed by atoms with Gasteiger partial charge >= 0.3 is 0 Å². The van der Waals surface area contributed by atoms with Crippen LogP contribution in [0.25, 0.3) is 0 Å². The molecule has 3 nitrogen and oxygen atoms in total. The van der Waals surface area contributed by atoms with E-state index in [1.165, 1.54) is 11.8 Å². The van der Waals surface area contributed by atoms with Crippen molar-refractivity contribution in [2.45, 2.75) is 24.7 Å². The fourth-order valence-corrected chi connectivity index (χ4v) is 2.04. The maximum Gasteiger partial charge on any atom is 0.186 e. The minimum atomic E-state index is -0.0492. The van der Waals surface area contributed by atoms with Gasteiger partial charge in [0.15, 0.2) is 5.12 Å². The van der Waals surface area contributed by atoms with E-state index in [0.717, 1.165) is 6.42 Å². The first-order chi connectivity index (χ1) is 5.22. The summed E-state index contributed by atoms with van der Waals surface area (Å²) in [7, 11) is 0. The summed E-state index contributed by atoms with van der Waals surface area (Å²) in [5.74, 6) is 0. The molecule has 0 aliphatic carbocycles. The van der Waals surface area contributed by atoms with Crippen molar-refractivity contribution in [1.29, 1.82) is 0 Å². The summed E-state index contributed by atoms with van der Waals surface area (Å²) >= 11 is 1.31. The fourth-order valence-electron chi connectivity index (χ4n) is 1.12. The number of carbonyl (C=O) groups excluding carboxylic acids is 1. The minimum Gasteiger partial charge on any atom is -0.394 e. The van der Waals surface area contributed by atoms with E-state index in [9.17, 15) is 4.79 Å². The van der Waals surface area contributed by atoms with Crippen LogP contribution in [0, 0.1) is 0 Å². The largest absolute Gasteiger partial charge is 0.394 e. The molecule has 0 amide bonds. The van der Waals surface area contributed by atoms with Crippen molar-refractivity contribution in [3.63, 3.8) is 0 Å². The van der Waals surface area contributed by atoms with Crippen LogP contribution in [0.15, 0.2) is 0 Å². The smallest absolute Gasteiger partial charge is 0.186 e. The third kappa shape index (κ3) is 2.81. The molecule has 0 aromatic rings. The number of ether oxygens (including phenoxy) is 1. The first-order valence-corrected chi connectivity index (χ1v) is 4.50. The summed E-state index contributed by atoms with van der Waals surface area (Å²) in [6.07, 6.45) is 0.743. The molecule has 1 aliphatic heterocycles. The predicted molar refractivity (Wildman–Crippen MR) is 43.5 cm³/mol. The van der Waals surface area contributed by atoms with Crippen molar-refractivity contribution in [3.8, 4) is 0 Å². The molecule has 1 saturated heterocycles. The molecule has 2 atom stereocenters. The monoisotopic (exact) mass is 176 g/mol. The minimum absolute atomic E-state index is 0.0492. The quantitative estimate of drug-likeness (QED) is 0.662. The third-order valence-electron chi connectivity index (χ3n) is 1.58. The van der Waals surface area contributed by atoms with Crippen LogP contribution in [0.4, 0.5) is 0 Å². The Hall–Kier alpha value is -0.0600. The van der Waals surface area contributed by atoms with E-state index in [-0.39, 0.29) is 23.1 Å². The molecule has 0 saturated carbocycles. The SMILES string of the molecule is CC(=O)S[C@H]1CO[C@@H](CO)C1. The summed E-state index contributed by atoms with van der Waals surface area (Å²) in [6, 6.07) is 0. The highest BCUT2D eigenvalue weighted by atomic mass is 32.2. The normalized spacial score (nSPS) is 30.7. The van der Waals surface area contributed by atoms with Crippen molar-refractivity contribution in [2.24, 2.45) is 0 Å². The lowest BCUT2D eigenvalue weighted by Crippen LogP contribution is -2.10. The Morgan fingerprint density at radius 2 is 2.55 bits per heavy atom. The summed E-state index contributed by atoms with van der Waals surface area (Å²) in [4.78, 5) is 10.6. The molecule has 1 fully saturated rings. The first-order valence-electron chi connectivity index (χ1n) is 3.62. The summed E-state index contributed by atoms with van der Waals surface area (Å²) in [5.41, 5.74) is 0. The lowest BCUT2D eigenvalue weighted by atomic mass is 10.2. The van der Waals surface area contributed by atoms with Crippen molar-refractivity contribution in [1.82, 2.24) is 0 Å². The number of hydrogen-bond donors (Lipinski definition) is 1. The maximum absolute atomic E-state index is 10.6. The van der Waals surface area contributed by atoms with E-state index in [0.29, 0.717) is 6.61 Å². The van der Waals surface area contributed by atoms with Gasteiger partial charge in [0, 0.05) is 12.2 Å². The Bertz CT molecular complexity index is 149. The lowest BCUT2D eigenvalue weighted by molar-refractivity contribution is -0.109. The Labute approximate surface area is 70.1 Å². The van der Waals surface area contributed by atoms with E-state index >= 15 is 0 Å². The zero-order chi connectivity index (χ0) is 8.27. The summed E-state index contributed by atoms with van der Waals surface area (Å²) in [6.45, 7) is 2.21. The molecular weight excluding hydrogens is 164 g/mol.